The van der Waals surface area contributed by atoms with Gasteiger partial charge in [0.25, 0.3) is 11.8 Å². The van der Waals surface area contributed by atoms with E-state index in [1.54, 1.807) is 37.4 Å². The van der Waals surface area contributed by atoms with Crippen LogP contribution in [0.15, 0.2) is 42.5 Å². The molecule has 0 aliphatic carbocycles. The zero-order chi connectivity index (χ0) is 16.1. The molecule has 0 bridgehead atoms. The zero-order valence-corrected chi connectivity index (χ0v) is 12.3. The molecule has 6 heteroatoms. The molecule has 0 radical (unpaired) electrons. The quantitative estimate of drug-likeness (QED) is 0.752. The lowest BCUT2D eigenvalue weighted by Gasteiger charge is -2.09. The molecular weight excluding hydrogens is 282 g/mol. The molecular formula is C16H17N3O3. The summed E-state index contributed by atoms with van der Waals surface area (Å²) in [6.07, 6.45) is 0. The number of carbonyl (C=O) groups excluding carboxylic acids is 2. The van der Waals surface area contributed by atoms with Crippen molar-refractivity contribution < 1.29 is 14.3 Å². The second-order valence-electron chi connectivity index (χ2n) is 4.56. The third kappa shape index (κ3) is 3.35. The maximum absolute atomic E-state index is 12.2. The summed E-state index contributed by atoms with van der Waals surface area (Å²) in [4.78, 5) is 23.7. The number of nitrogens with two attached hydrogens (primary N) is 1. The minimum Gasteiger partial charge on any atom is -0.497 e. The minimum absolute atomic E-state index is 0.243. The van der Waals surface area contributed by atoms with Gasteiger partial charge in [-0.25, -0.2) is 0 Å². The van der Waals surface area contributed by atoms with Gasteiger partial charge in [0.15, 0.2) is 0 Å². The van der Waals surface area contributed by atoms with Crippen molar-refractivity contribution in [3.63, 3.8) is 0 Å². The number of methoxy groups -OCH3 is 1. The van der Waals surface area contributed by atoms with E-state index in [4.69, 9.17) is 10.5 Å². The van der Waals surface area contributed by atoms with Crippen LogP contribution in [0.2, 0.25) is 0 Å². The molecule has 0 heterocycles. The molecule has 2 amide bonds. The molecule has 2 aromatic rings. The Morgan fingerprint density at radius 2 is 1.73 bits per heavy atom. The maximum atomic E-state index is 12.2. The predicted octanol–water partition coefficient (Wildman–Crippen LogP) is 1.89. The molecule has 0 aliphatic rings. The highest BCUT2D eigenvalue weighted by molar-refractivity contribution is 6.08. The maximum Gasteiger partial charge on any atom is 0.257 e. The highest BCUT2D eigenvalue weighted by Crippen LogP contribution is 2.19. The van der Waals surface area contributed by atoms with Crippen molar-refractivity contribution in [2.75, 3.05) is 25.2 Å². The van der Waals surface area contributed by atoms with Gasteiger partial charge < -0.3 is 21.1 Å². The Hall–Kier alpha value is -3.02. The van der Waals surface area contributed by atoms with Gasteiger partial charge in [0, 0.05) is 24.0 Å². The lowest BCUT2D eigenvalue weighted by Crippen LogP contribution is -2.19. The second-order valence-corrected chi connectivity index (χ2v) is 4.56. The van der Waals surface area contributed by atoms with Gasteiger partial charge in [-0.3, -0.25) is 9.59 Å². The molecule has 2 rings (SSSR count). The number of nitrogens with one attached hydrogen (secondary N) is 2. The molecule has 0 aliphatic heterocycles. The molecule has 22 heavy (non-hydrogen) atoms. The summed E-state index contributed by atoms with van der Waals surface area (Å²) in [6.45, 7) is 0. The predicted molar refractivity (Wildman–Crippen MR) is 85.2 cm³/mol. The lowest BCUT2D eigenvalue weighted by molar-refractivity contribution is 0.0961. The van der Waals surface area contributed by atoms with Crippen LogP contribution in [-0.4, -0.2) is 26.0 Å². The topological polar surface area (TPSA) is 93.5 Å². The largest absolute Gasteiger partial charge is 0.497 e. The fraction of sp³-hybridized carbons (Fsp3) is 0.125. The Balaban J connectivity index is 2.16. The third-order valence-electron chi connectivity index (χ3n) is 3.13. The molecule has 0 saturated heterocycles. The van der Waals surface area contributed by atoms with Crippen LogP contribution in [0.1, 0.15) is 20.7 Å². The Kier molecular flexibility index (Phi) is 4.63. The van der Waals surface area contributed by atoms with Crippen LogP contribution >= 0.6 is 0 Å². The van der Waals surface area contributed by atoms with Crippen LogP contribution in [0.3, 0.4) is 0 Å². The number of rotatable bonds is 4. The number of amides is 2. The van der Waals surface area contributed by atoms with Gasteiger partial charge in [-0.2, -0.15) is 0 Å². The average molecular weight is 299 g/mol. The van der Waals surface area contributed by atoms with Crippen molar-refractivity contribution in [3.8, 4) is 5.75 Å². The van der Waals surface area contributed by atoms with Crippen LogP contribution in [-0.2, 0) is 0 Å². The minimum atomic E-state index is -0.342. The van der Waals surface area contributed by atoms with E-state index >= 15 is 0 Å². The number of carbonyl (C=O) groups is 2. The molecule has 0 fully saturated rings. The summed E-state index contributed by atoms with van der Waals surface area (Å²) in [5.74, 6) is 0.104. The number of hydrogen-bond donors (Lipinski definition) is 3. The van der Waals surface area contributed by atoms with Crippen molar-refractivity contribution in [1.29, 1.82) is 0 Å². The third-order valence-corrected chi connectivity index (χ3v) is 3.13. The first kappa shape index (κ1) is 15.4. The zero-order valence-electron chi connectivity index (χ0n) is 12.3. The normalized spacial score (nSPS) is 9.91. The van der Waals surface area contributed by atoms with E-state index in [-0.39, 0.29) is 17.5 Å². The van der Waals surface area contributed by atoms with Gasteiger partial charge in [0.1, 0.15) is 5.75 Å². The van der Waals surface area contributed by atoms with Crippen LogP contribution in [0.25, 0.3) is 0 Å². The van der Waals surface area contributed by atoms with E-state index in [9.17, 15) is 9.59 Å². The number of nitrogen functional groups attached to an aromatic ring is 1. The van der Waals surface area contributed by atoms with Gasteiger partial charge in [-0.15, -0.1) is 0 Å². The number of ether oxygens (including phenoxy) is 1. The Labute approximate surface area is 128 Å². The lowest BCUT2D eigenvalue weighted by atomic mass is 10.1. The van der Waals surface area contributed by atoms with Gasteiger partial charge >= 0.3 is 0 Å². The fourth-order valence-electron chi connectivity index (χ4n) is 1.93. The highest BCUT2D eigenvalue weighted by Gasteiger charge is 2.12. The number of benzene rings is 2. The summed E-state index contributed by atoms with van der Waals surface area (Å²) in [6, 6.07) is 11.5. The summed E-state index contributed by atoms with van der Waals surface area (Å²) < 4.78 is 5.05. The highest BCUT2D eigenvalue weighted by atomic mass is 16.5. The summed E-state index contributed by atoms with van der Waals surface area (Å²) >= 11 is 0. The first-order valence-corrected chi connectivity index (χ1v) is 6.62. The van der Waals surface area contributed by atoms with E-state index in [1.807, 2.05) is 0 Å². The van der Waals surface area contributed by atoms with Gasteiger partial charge in [-0.05, 0) is 42.5 Å². The smallest absolute Gasteiger partial charge is 0.257 e. The average Bonchev–Trinajstić information content (AvgIpc) is 2.54. The molecule has 0 saturated carbocycles. The van der Waals surface area contributed by atoms with Crippen LogP contribution in [0.4, 0.5) is 11.4 Å². The SMILES string of the molecule is CNC(=O)c1ccc(C(=O)Nc2ccc(OC)cc2)c(N)c1. The van der Waals surface area contributed by atoms with Crippen molar-refractivity contribution >= 4 is 23.2 Å². The van der Waals surface area contributed by atoms with Crippen molar-refractivity contribution in [1.82, 2.24) is 5.32 Å². The van der Waals surface area contributed by atoms with Gasteiger partial charge in [0.2, 0.25) is 0 Å². The molecule has 0 aromatic heterocycles. The Bertz CT molecular complexity index is 696. The van der Waals surface area contributed by atoms with Crippen molar-refractivity contribution in [2.45, 2.75) is 0 Å². The van der Waals surface area contributed by atoms with E-state index < -0.39 is 0 Å². The number of hydrogen-bond acceptors (Lipinski definition) is 4. The van der Waals surface area contributed by atoms with E-state index in [1.165, 1.54) is 19.2 Å². The van der Waals surface area contributed by atoms with E-state index in [2.05, 4.69) is 10.6 Å². The van der Waals surface area contributed by atoms with Gasteiger partial charge in [0.05, 0.1) is 12.7 Å². The van der Waals surface area contributed by atoms with Crippen LogP contribution in [0, 0.1) is 0 Å². The fourth-order valence-corrected chi connectivity index (χ4v) is 1.93. The monoisotopic (exact) mass is 299 g/mol. The summed E-state index contributed by atoms with van der Waals surface area (Å²) in [7, 11) is 3.10. The Morgan fingerprint density at radius 1 is 1.05 bits per heavy atom. The summed E-state index contributed by atoms with van der Waals surface area (Å²) in [5, 5.41) is 5.24. The van der Waals surface area contributed by atoms with Crippen LogP contribution in [0.5, 0.6) is 5.75 Å². The summed E-state index contributed by atoms with van der Waals surface area (Å²) in [5.41, 5.74) is 7.43. The Morgan fingerprint density at radius 3 is 2.27 bits per heavy atom. The molecule has 0 spiro atoms. The number of anilines is 2. The van der Waals surface area contributed by atoms with Crippen molar-refractivity contribution in [3.05, 3.63) is 53.6 Å². The molecule has 114 valence electrons. The standard InChI is InChI=1S/C16H17N3O3/c1-18-15(20)10-3-8-13(14(17)9-10)16(21)19-11-4-6-12(22-2)7-5-11/h3-9H,17H2,1-2H3,(H,18,20)(H,19,21). The van der Waals surface area contributed by atoms with E-state index in [0.717, 1.165) is 0 Å². The first-order valence-electron chi connectivity index (χ1n) is 6.62. The van der Waals surface area contributed by atoms with Crippen LogP contribution < -0.4 is 21.1 Å². The van der Waals surface area contributed by atoms with Crippen molar-refractivity contribution in [2.24, 2.45) is 0 Å². The molecule has 6 nitrogen and oxygen atoms in total. The first-order chi connectivity index (χ1) is 10.5. The molecule has 2 aromatic carbocycles. The molecule has 4 N–H and O–H groups in total. The van der Waals surface area contributed by atoms with E-state index in [0.29, 0.717) is 22.6 Å². The second kappa shape index (κ2) is 6.62. The van der Waals surface area contributed by atoms with Gasteiger partial charge in [-0.1, -0.05) is 0 Å². The molecule has 0 atom stereocenters. The molecule has 0 unspecified atom stereocenters.